The van der Waals surface area contributed by atoms with Crippen LogP contribution in [0.15, 0.2) is 24.3 Å². The second-order valence-corrected chi connectivity index (χ2v) is 3.63. The molecule has 0 radical (unpaired) electrons. The topological polar surface area (TPSA) is 0 Å². The molecule has 0 atom stereocenters. The van der Waals surface area contributed by atoms with E-state index >= 15 is 0 Å². The molecule has 0 unspecified atom stereocenters. The average Bonchev–Trinajstić information content (AvgIpc) is 1.87. The summed E-state index contributed by atoms with van der Waals surface area (Å²) in [6, 6.07) is 0. The van der Waals surface area contributed by atoms with Gasteiger partial charge in [-0.05, 0) is 0 Å². The molecule has 0 aliphatic rings. The van der Waals surface area contributed by atoms with E-state index in [1.807, 2.05) is 6.08 Å². The second kappa shape index (κ2) is 4.87. The molecule has 0 N–H and O–H groups in total. The average molecular weight is 292 g/mol. The summed E-state index contributed by atoms with van der Waals surface area (Å²) >= 11 is 1.57. The number of rotatable bonds is 3. The molecule has 0 aromatic carbocycles. The molecule has 50 valence electrons. The first-order valence-corrected chi connectivity index (χ1v) is 4.51. The van der Waals surface area contributed by atoms with Crippen molar-refractivity contribution in [2.24, 2.45) is 0 Å². The molecule has 1 heteroatoms. The van der Waals surface area contributed by atoms with Gasteiger partial charge in [-0.25, -0.2) is 0 Å². The molecule has 0 fully saturated rings. The molecule has 0 rings (SSSR count). The fourth-order valence-corrected chi connectivity index (χ4v) is 0.793. The van der Waals surface area contributed by atoms with Gasteiger partial charge in [0, 0.05) is 0 Å². The zero-order chi connectivity index (χ0) is 7.28. The molecule has 0 spiro atoms. The Labute approximate surface area is 68.1 Å². The van der Waals surface area contributed by atoms with Gasteiger partial charge < -0.3 is 0 Å². The van der Waals surface area contributed by atoms with Gasteiger partial charge in [0.25, 0.3) is 0 Å². The molecule has 0 aliphatic carbocycles. The van der Waals surface area contributed by atoms with Crippen LogP contribution in [0.4, 0.5) is 0 Å². The van der Waals surface area contributed by atoms with Crippen molar-refractivity contribution in [2.75, 3.05) is 0 Å². The minimum absolute atomic E-state index is 1.17. The molecule has 0 saturated heterocycles. The Morgan fingerprint density at radius 3 is 2.56 bits per heavy atom. The van der Waals surface area contributed by atoms with Crippen LogP contribution in [-0.4, -0.2) is 3.90 Å². The molecular formula is C8H12W. The van der Waals surface area contributed by atoms with E-state index in [1.165, 1.54) is 15.9 Å². The van der Waals surface area contributed by atoms with Gasteiger partial charge in [0.2, 0.25) is 0 Å². The van der Waals surface area contributed by atoms with Gasteiger partial charge in [-0.2, -0.15) is 0 Å². The van der Waals surface area contributed by atoms with E-state index in [1.54, 1.807) is 19.4 Å². The summed E-state index contributed by atoms with van der Waals surface area (Å²) in [6.07, 6.45) is 5.07. The van der Waals surface area contributed by atoms with Gasteiger partial charge in [0.15, 0.2) is 0 Å². The first-order chi connectivity index (χ1) is 4.22. The van der Waals surface area contributed by atoms with Crippen LogP contribution in [0.2, 0.25) is 0 Å². The van der Waals surface area contributed by atoms with E-state index < -0.39 is 0 Å². The molecule has 0 aliphatic heterocycles. The summed E-state index contributed by atoms with van der Waals surface area (Å²) in [5.74, 6) is 0. The van der Waals surface area contributed by atoms with Crippen LogP contribution in [-0.2, 0) is 19.4 Å². The van der Waals surface area contributed by atoms with Crippen LogP contribution < -0.4 is 0 Å². The Hall–Kier alpha value is 0.0383. The Bertz CT molecular complexity index is 143. The maximum absolute atomic E-state index is 3.64. The third-order valence-electron chi connectivity index (χ3n) is 1.13. The Kier molecular flexibility index (Phi) is 4.90. The molecule has 9 heavy (non-hydrogen) atoms. The van der Waals surface area contributed by atoms with Crippen LogP contribution in [0.25, 0.3) is 0 Å². The summed E-state index contributed by atoms with van der Waals surface area (Å²) in [6.45, 7) is 7.95. The summed E-state index contributed by atoms with van der Waals surface area (Å²) in [7, 11) is 0. The fraction of sp³-hybridized carbons (Fsp3) is 0.375. The molecule has 0 aromatic rings. The summed E-state index contributed by atoms with van der Waals surface area (Å²) < 4.78 is 1.52. The number of allylic oxidation sites excluding steroid dienone is 3. The predicted octanol–water partition coefficient (Wildman–Crippen LogP) is 2.25. The first-order valence-electron chi connectivity index (χ1n) is 3.05. The van der Waals surface area contributed by atoms with Gasteiger partial charge in [-0.1, -0.05) is 0 Å². The van der Waals surface area contributed by atoms with E-state index in [0.717, 1.165) is 0 Å². The van der Waals surface area contributed by atoms with E-state index in [4.69, 9.17) is 0 Å². The van der Waals surface area contributed by atoms with E-state index in [-0.39, 0.29) is 0 Å². The summed E-state index contributed by atoms with van der Waals surface area (Å²) in [4.78, 5) is 0. The van der Waals surface area contributed by atoms with Crippen molar-refractivity contribution >= 4 is 3.90 Å². The minimum atomic E-state index is 1.17. The maximum atomic E-state index is 3.64. The normalized spacial score (nSPS) is 11.1. The van der Waals surface area contributed by atoms with Gasteiger partial charge in [0.05, 0.1) is 0 Å². The van der Waals surface area contributed by atoms with Crippen LogP contribution in [0.1, 0.15) is 20.3 Å². The third kappa shape index (κ3) is 3.59. The third-order valence-corrected chi connectivity index (χ3v) is 3.32. The van der Waals surface area contributed by atoms with Crippen molar-refractivity contribution in [3.63, 3.8) is 0 Å². The van der Waals surface area contributed by atoms with Crippen LogP contribution in [0, 0.1) is 0 Å². The summed E-state index contributed by atoms with van der Waals surface area (Å²) in [5, 5.41) is 0. The van der Waals surface area contributed by atoms with Crippen molar-refractivity contribution in [1.29, 1.82) is 0 Å². The van der Waals surface area contributed by atoms with Crippen molar-refractivity contribution in [3.8, 4) is 0 Å². The quantitative estimate of drug-likeness (QED) is 0.700. The number of hydrogen-bond acceptors (Lipinski definition) is 0. The van der Waals surface area contributed by atoms with Crippen molar-refractivity contribution in [3.05, 3.63) is 24.3 Å². The molecule has 0 saturated carbocycles. The molecule has 0 nitrogen and oxygen atoms in total. The van der Waals surface area contributed by atoms with Gasteiger partial charge in [0.1, 0.15) is 0 Å². The molecular weight excluding hydrogens is 280 g/mol. The monoisotopic (exact) mass is 292 g/mol. The Morgan fingerprint density at radius 1 is 1.67 bits per heavy atom. The Balaban J connectivity index is 4.01. The molecule has 0 bridgehead atoms. The van der Waals surface area contributed by atoms with Crippen molar-refractivity contribution < 1.29 is 19.4 Å². The number of hydrogen-bond donors (Lipinski definition) is 0. The molecule has 0 amide bonds. The van der Waals surface area contributed by atoms with Crippen molar-refractivity contribution in [1.82, 2.24) is 0 Å². The standard InChI is InChI=1S/C8H12.W/c1-4-6-8(3)7-5-2;/h4,6H,1,5H2,2-3H3;/b8-6-;. The predicted molar refractivity (Wildman–Crippen MR) is 39.3 cm³/mol. The van der Waals surface area contributed by atoms with Crippen LogP contribution in [0.5, 0.6) is 0 Å². The van der Waals surface area contributed by atoms with Gasteiger partial charge >= 0.3 is 67.8 Å². The van der Waals surface area contributed by atoms with E-state index in [2.05, 4.69) is 26.5 Å². The van der Waals surface area contributed by atoms with Gasteiger partial charge in [-0.15, -0.1) is 0 Å². The first kappa shape index (κ1) is 9.04. The van der Waals surface area contributed by atoms with Crippen LogP contribution in [0.3, 0.4) is 0 Å². The zero-order valence-electron chi connectivity index (χ0n) is 5.98. The van der Waals surface area contributed by atoms with E-state index in [0.29, 0.717) is 0 Å². The summed E-state index contributed by atoms with van der Waals surface area (Å²) in [5.41, 5.74) is 1.38. The fourth-order valence-electron chi connectivity index (χ4n) is 0.549. The molecule has 0 heterocycles. The van der Waals surface area contributed by atoms with Crippen molar-refractivity contribution in [2.45, 2.75) is 20.3 Å². The SMILES string of the molecule is C=C/C=C(/C)[C](=[W])CC. The Morgan fingerprint density at radius 2 is 2.22 bits per heavy atom. The zero-order valence-corrected chi connectivity index (χ0v) is 8.91. The second-order valence-electron chi connectivity index (χ2n) is 1.86. The van der Waals surface area contributed by atoms with Crippen LogP contribution >= 0.6 is 0 Å². The van der Waals surface area contributed by atoms with E-state index in [9.17, 15) is 0 Å². The van der Waals surface area contributed by atoms with Gasteiger partial charge in [-0.3, -0.25) is 0 Å². The molecule has 0 aromatic heterocycles.